The van der Waals surface area contributed by atoms with Crippen molar-refractivity contribution in [3.63, 3.8) is 0 Å². The van der Waals surface area contributed by atoms with Crippen molar-refractivity contribution >= 4 is 16.9 Å². The second kappa shape index (κ2) is 3.57. The summed E-state index contributed by atoms with van der Waals surface area (Å²) >= 11 is 0. The van der Waals surface area contributed by atoms with Crippen LogP contribution in [0.3, 0.4) is 0 Å². The van der Waals surface area contributed by atoms with Gasteiger partial charge in [0.05, 0.1) is 5.41 Å². The fraction of sp³-hybridized carbons (Fsp3) is 0.357. The summed E-state index contributed by atoms with van der Waals surface area (Å²) in [5.74, 6) is -2.00. The SMILES string of the molecule is [2H]C([2H])([2H])[C@H](c1cc2cc(F)ccc2o1)C1(C(N)=O)CC1. The van der Waals surface area contributed by atoms with E-state index in [1.807, 2.05) is 0 Å². The molecule has 2 aromatic rings. The van der Waals surface area contributed by atoms with Crippen LogP contribution in [0.5, 0.6) is 0 Å². The van der Waals surface area contributed by atoms with Gasteiger partial charge >= 0.3 is 0 Å². The molecule has 1 amide bonds. The smallest absolute Gasteiger partial charge is 0.224 e. The first-order valence-electron chi connectivity index (χ1n) is 7.23. The van der Waals surface area contributed by atoms with Gasteiger partial charge in [-0.1, -0.05) is 6.85 Å². The Morgan fingerprint density at radius 2 is 2.33 bits per heavy atom. The van der Waals surface area contributed by atoms with E-state index in [4.69, 9.17) is 14.3 Å². The molecule has 1 heterocycles. The summed E-state index contributed by atoms with van der Waals surface area (Å²) in [5.41, 5.74) is 4.70. The van der Waals surface area contributed by atoms with Crippen LogP contribution in [0, 0.1) is 11.2 Å². The first-order valence-corrected chi connectivity index (χ1v) is 5.73. The molecule has 1 aliphatic rings. The van der Waals surface area contributed by atoms with Gasteiger partial charge in [0, 0.05) is 15.4 Å². The Labute approximate surface area is 108 Å². The van der Waals surface area contributed by atoms with Gasteiger partial charge in [-0.05, 0) is 37.1 Å². The van der Waals surface area contributed by atoms with E-state index in [-0.39, 0.29) is 5.76 Å². The zero-order valence-corrected chi connectivity index (χ0v) is 9.57. The minimum Gasteiger partial charge on any atom is -0.461 e. The first kappa shape index (κ1) is 8.29. The van der Waals surface area contributed by atoms with Gasteiger partial charge in [0.1, 0.15) is 17.2 Å². The molecule has 0 aliphatic heterocycles. The quantitative estimate of drug-likeness (QED) is 0.910. The summed E-state index contributed by atoms with van der Waals surface area (Å²) in [4.78, 5) is 11.7. The van der Waals surface area contributed by atoms with Crippen molar-refractivity contribution in [2.45, 2.75) is 25.6 Å². The number of benzene rings is 1. The van der Waals surface area contributed by atoms with E-state index in [1.165, 1.54) is 24.3 Å². The van der Waals surface area contributed by atoms with E-state index < -0.39 is 29.9 Å². The highest BCUT2D eigenvalue weighted by atomic mass is 19.1. The number of nitrogens with two attached hydrogens (primary N) is 1. The summed E-state index contributed by atoms with van der Waals surface area (Å²) in [6.45, 7) is -2.42. The Balaban J connectivity index is 2.13. The van der Waals surface area contributed by atoms with Crippen molar-refractivity contribution < 1.29 is 17.7 Å². The number of primary amides is 1. The second-order valence-electron chi connectivity index (χ2n) is 4.78. The molecule has 1 saturated carbocycles. The minimum atomic E-state index is -2.42. The fourth-order valence-electron chi connectivity index (χ4n) is 2.26. The molecule has 4 heteroatoms. The molecular formula is C14H14FNO2. The lowest BCUT2D eigenvalue weighted by molar-refractivity contribution is -0.123. The Morgan fingerprint density at radius 3 is 2.94 bits per heavy atom. The lowest BCUT2D eigenvalue weighted by Crippen LogP contribution is -2.29. The van der Waals surface area contributed by atoms with Crippen molar-refractivity contribution in [1.82, 2.24) is 0 Å². The number of rotatable bonds is 3. The highest BCUT2D eigenvalue weighted by molar-refractivity contribution is 5.85. The minimum absolute atomic E-state index is 0.159. The molecule has 18 heavy (non-hydrogen) atoms. The fourth-order valence-corrected chi connectivity index (χ4v) is 2.26. The van der Waals surface area contributed by atoms with Gasteiger partial charge in [0.25, 0.3) is 0 Å². The first-order chi connectivity index (χ1) is 9.74. The molecule has 0 bridgehead atoms. The average molecular weight is 250 g/mol. The van der Waals surface area contributed by atoms with Crippen LogP contribution in [0.1, 0.15) is 35.5 Å². The van der Waals surface area contributed by atoms with Gasteiger partial charge in [-0.3, -0.25) is 4.79 Å². The number of halogens is 1. The molecule has 3 nitrogen and oxygen atoms in total. The Morgan fingerprint density at radius 1 is 1.56 bits per heavy atom. The van der Waals surface area contributed by atoms with Crippen LogP contribution in [0.2, 0.25) is 0 Å². The number of furan rings is 1. The van der Waals surface area contributed by atoms with Crippen LogP contribution in [-0.4, -0.2) is 5.91 Å². The molecule has 0 spiro atoms. The zero-order chi connectivity index (χ0) is 15.4. The predicted molar refractivity (Wildman–Crippen MR) is 65.4 cm³/mol. The molecule has 1 fully saturated rings. The van der Waals surface area contributed by atoms with Crippen LogP contribution in [-0.2, 0) is 4.79 Å². The average Bonchev–Trinajstić information content (AvgIpc) is 3.02. The lowest BCUT2D eigenvalue weighted by atomic mass is 9.88. The number of fused-ring (bicyclic) bond motifs is 1. The number of amides is 1. The molecular weight excluding hydrogens is 233 g/mol. The Hall–Kier alpha value is -1.84. The maximum absolute atomic E-state index is 13.2. The molecule has 94 valence electrons. The molecule has 1 atom stereocenters. The van der Waals surface area contributed by atoms with Crippen LogP contribution in [0.4, 0.5) is 4.39 Å². The van der Waals surface area contributed by atoms with E-state index in [9.17, 15) is 9.18 Å². The molecule has 1 aromatic carbocycles. The highest BCUT2D eigenvalue weighted by Crippen LogP contribution is 2.56. The van der Waals surface area contributed by atoms with Crippen molar-refractivity contribution in [2.24, 2.45) is 11.1 Å². The van der Waals surface area contributed by atoms with Crippen LogP contribution in [0.25, 0.3) is 11.0 Å². The molecule has 2 N–H and O–H groups in total. The summed E-state index contributed by atoms with van der Waals surface area (Å²) in [6.07, 6.45) is 0.855. The largest absolute Gasteiger partial charge is 0.461 e. The summed E-state index contributed by atoms with van der Waals surface area (Å²) in [5, 5.41) is 0.472. The topological polar surface area (TPSA) is 56.2 Å². The second-order valence-corrected chi connectivity index (χ2v) is 4.78. The summed E-state index contributed by atoms with van der Waals surface area (Å²) in [7, 11) is 0. The number of carbonyl (C=O) groups is 1. The van der Waals surface area contributed by atoms with E-state index >= 15 is 0 Å². The molecule has 1 aliphatic carbocycles. The van der Waals surface area contributed by atoms with Crippen molar-refractivity contribution in [2.75, 3.05) is 0 Å². The Bertz CT molecular complexity index is 719. The maximum Gasteiger partial charge on any atom is 0.224 e. The Kier molecular flexibility index (Phi) is 1.65. The lowest BCUT2D eigenvalue weighted by Gasteiger charge is -2.17. The van der Waals surface area contributed by atoms with Crippen LogP contribution >= 0.6 is 0 Å². The zero-order valence-electron chi connectivity index (χ0n) is 12.6. The van der Waals surface area contributed by atoms with Gasteiger partial charge < -0.3 is 10.2 Å². The van der Waals surface area contributed by atoms with E-state index in [2.05, 4.69) is 0 Å². The third-order valence-corrected chi connectivity index (χ3v) is 3.61. The van der Waals surface area contributed by atoms with E-state index in [0.717, 1.165) is 0 Å². The van der Waals surface area contributed by atoms with Gasteiger partial charge in [-0.15, -0.1) is 0 Å². The maximum atomic E-state index is 13.2. The number of carbonyl (C=O) groups excluding carboxylic acids is 1. The predicted octanol–water partition coefficient (Wildman–Crippen LogP) is 2.94. The van der Waals surface area contributed by atoms with Gasteiger partial charge in [-0.2, -0.15) is 0 Å². The molecule has 0 saturated heterocycles. The number of hydrogen-bond donors (Lipinski definition) is 1. The van der Waals surface area contributed by atoms with Gasteiger partial charge in [0.2, 0.25) is 5.91 Å². The van der Waals surface area contributed by atoms with Gasteiger partial charge in [-0.25, -0.2) is 4.39 Å². The summed E-state index contributed by atoms with van der Waals surface area (Å²) in [6, 6.07) is 5.43. The molecule has 0 radical (unpaired) electrons. The van der Waals surface area contributed by atoms with Crippen LogP contribution < -0.4 is 5.73 Å². The summed E-state index contributed by atoms with van der Waals surface area (Å²) < 4.78 is 42.0. The monoisotopic (exact) mass is 250 g/mol. The van der Waals surface area contributed by atoms with Crippen molar-refractivity contribution in [3.05, 3.63) is 35.8 Å². The van der Waals surface area contributed by atoms with E-state index in [0.29, 0.717) is 23.8 Å². The van der Waals surface area contributed by atoms with Crippen molar-refractivity contribution in [3.8, 4) is 0 Å². The normalized spacial score (nSPS) is 21.9. The third-order valence-electron chi connectivity index (χ3n) is 3.61. The van der Waals surface area contributed by atoms with Gasteiger partial charge in [0.15, 0.2) is 0 Å². The van der Waals surface area contributed by atoms with Crippen molar-refractivity contribution in [1.29, 1.82) is 0 Å². The molecule has 0 unspecified atom stereocenters. The van der Waals surface area contributed by atoms with E-state index in [1.54, 1.807) is 0 Å². The standard InChI is InChI=1S/C14H14FNO2/c1-8(14(4-5-14)13(16)17)12-7-9-6-10(15)2-3-11(9)18-12/h2-3,6-8H,4-5H2,1H3,(H2,16,17)/t8-/m1/s1/i1D3. The van der Waals surface area contributed by atoms with Crippen LogP contribution in [0.15, 0.2) is 28.7 Å². The number of hydrogen-bond acceptors (Lipinski definition) is 2. The highest BCUT2D eigenvalue weighted by Gasteiger charge is 2.54. The molecule has 3 rings (SSSR count). The molecule has 1 aromatic heterocycles. The third kappa shape index (κ3) is 1.52.